The van der Waals surface area contributed by atoms with E-state index < -0.39 is 29.9 Å². The number of methoxy groups -OCH3 is 2. The number of esters is 1. The molecule has 2 aliphatic rings. The number of imide groups is 1. The largest absolute Gasteiger partial charge is 0.497 e. The molecule has 0 spiro atoms. The van der Waals surface area contributed by atoms with Crippen LogP contribution in [-0.2, 0) is 19.1 Å². The lowest BCUT2D eigenvalue weighted by Gasteiger charge is -2.22. The Morgan fingerprint density at radius 1 is 0.929 bits per heavy atom. The number of nitrogens with zero attached hydrogens (tertiary/aromatic N) is 1. The van der Waals surface area contributed by atoms with E-state index in [4.69, 9.17) is 9.47 Å². The van der Waals surface area contributed by atoms with Gasteiger partial charge in [0.1, 0.15) is 11.8 Å². The predicted molar refractivity (Wildman–Crippen MR) is 101 cm³/mol. The average Bonchev–Trinajstić information content (AvgIpc) is 3.25. The molecule has 0 aliphatic carbocycles. The number of carbonyl (C=O) groups is 3. The third kappa shape index (κ3) is 2.75. The average molecular weight is 380 g/mol. The van der Waals surface area contributed by atoms with E-state index in [1.165, 1.54) is 12.0 Å². The van der Waals surface area contributed by atoms with Crippen LogP contribution < -0.4 is 15.0 Å². The van der Waals surface area contributed by atoms with Crippen molar-refractivity contribution in [2.75, 3.05) is 19.1 Å². The molecule has 2 aliphatic heterocycles. The maximum Gasteiger partial charge on any atom is 0.323 e. The number of anilines is 1. The molecule has 0 saturated carbocycles. The normalized spacial score (nSPS) is 26.3. The third-order valence-electron chi connectivity index (χ3n) is 5.42. The first-order valence-corrected chi connectivity index (χ1v) is 8.97. The molecule has 7 heteroatoms. The van der Waals surface area contributed by atoms with Gasteiger partial charge in [-0.2, -0.15) is 0 Å². The van der Waals surface area contributed by atoms with E-state index in [0.717, 1.165) is 5.56 Å². The van der Waals surface area contributed by atoms with Crippen molar-refractivity contribution in [3.8, 4) is 5.75 Å². The Balaban J connectivity index is 1.75. The van der Waals surface area contributed by atoms with Gasteiger partial charge in [0.05, 0.1) is 31.7 Å². The Labute approximate surface area is 162 Å². The molecule has 7 nitrogen and oxygen atoms in total. The molecule has 0 unspecified atom stereocenters. The van der Waals surface area contributed by atoms with Gasteiger partial charge in [-0.1, -0.05) is 30.3 Å². The summed E-state index contributed by atoms with van der Waals surface area (Å²) in [7, 11) is 2.85. The summed E-state index contributed by atoms with van der Waals surface area (Å²) in [6.45, 7) is 0. The highest BCUT2D eigenvalue weighted by atomic mass is 16.5. The first-order chi connectivity index (χ1) is 13.6. The van der Waals surface area contributed by atoms with E-state index in [2.05, 4.69) is 5.32 Å². The van der Waals surface area contributed by atoms with Gasteiger partial charge in [0, 0.05) is 6.04 Å². The molecule has 2 heterocycles. The van der Waals surface area contributed by atoms with Crippen LogP contribution in [0.3, 0.4) is 0 Å². The molecule has 2 aromatic rings. The molecule has 28 heavy (non-hydrogen) atoms. The molecule has 1 N–H and O–H groups in total. The molecule has 0 aromatic heterocycles. The zero-order chi connectivity index (χ0) is 19.8. The summed E-state index contributed by atoms with van der Waals surface area (Å²) >= 11 is 0. The van der Waals surface area contributed by atoms with Crippen LogP contribution in [0.25, 0.3) is 0 Å². The lowest BCUT2D eigenvalue weighted by molar-refractivity contribution is -0.145. The number of hydrogen-bond donors (Lipinski definition) is 1. The van der Waals surface area contributed by atoms with Crippen LogP contribution in [-0.4, -0.2) is 38.0 Å². The Morgan fingerprint density at radius 3 is 2.18 bits per heavy atom. The standard InChI is InChI=1S/C21H20N2O5/c1-27-14-10-8-12(9-11-14)17-15-16(18(22-17)21(26)28-2)20(25)23(19(15)24)13-6-4-3-5-7-13/h3-11,15-18,22H,1-2H3/t15-,16+,17+,18+/m1/s1. The molecule has 0 radical (unpaired) electrons. The molecule has 4 atom stereocenters. The number of carbonyl (C=O) groups excluding carboxylic acids is 3. The fraction of sp³-hybridized carbons (Fsp3) is 0.286. The number of ether oxygens (including phenoxy) is 2. The van der Waals surface area contributed by atoms with Crippen LogP contribution in [0, 0.1) is 11.8 Å². The number of hydrogen-bond acceptors (Lipinski definition) is 6. The second-order valence-corrected chi connectivity index (χ2v) is 6.82. The van der Waals surface area contributed by atoms with Crippen LogP contribution in [0.15, 0.2) is 54.6 Å². The smallest absolute Gasteiger partial charge is 0.323 e. The fourth-order valence-corrected chi connectivity index (χ4v) is 4.10. The molecule has 2 aromatic carbocycles. The lowest BCUT2D eigenvalue weighted by Crippen LogP contribution is -2.43. The summed E-state index contributed by atoms with van der Waals surface area (Å²) in [5.41, 5.74) is 1.31. The summed E-state index contributed by atoms with van der Waals surface area (Å²) in [5, 5.41) is 3.15. The van der Waals surface area contributed by atoms with Crippen LogP contribution in [0.1, 0.15) is 11.6 Å². The molecule has 2 fully saturated rings. The SMILES string of the molecule is COC(=O)[C@H]1N[C@@H](c2ccc(OC)cc2)[C@@H]2C(=O)N(c3ccccc3)C(=O)[C@@H]21. The molecular weight excluding hydrogens is 360 g/mol. The van der Waals surface area contributed by atoms with Gasteiger partial charge in [0.25, 0.3) is 0 Å². The minimum Gasteiger partial charge on any atom is -0.497 e. The highest BCUT2D eigenvalue weighted by Crippen LogP contribution is 2.45. The Bertz CT molecular complexity index is 912. The van der Waals surface area contributed by atoms with Gasteiger partial charge in [-0.25, -0.2) is 4.90 Å². The second-order valence-electron chi connectivity index (χ2n) is 6.82. The van der Waals surface area contributed by atoms with E-state index in [-0.39, 0.29) is 11.8 Å². The van der Waals surface area contributed by atoms with Crippen molar-refractivity contribution < 1.29 is 23.9 Å². The zero-order valence-corrected chi connectivity index (χ0v) is 15.5. The molecule has 2 saturated heterocycles. The molecule has 0 bridgehead atoms. The van der Waals surface area contributed by atoms with E-state index in [9.17, 15) is 14.4 Å². The summed E-state index contributed by atoms with van der Waals surface area (Å²) < 4.78 is 10.1. The summed E-state index contributed by atoms with van der Waals surface area (Å²) in [6.07, 6.45) is 0. The van der Waals surface area contributed by atoms with Gasteiger partial charge in [-0.15, -0.1) is 0 Å². The van der Waals surface area contributed by atoms with Crippen LogP contribution in [0.4, 0.5) is 5.69 Å². The van der Waals surface area contributed by atoms with Crippen molar-refractivity contribution in [2.24, 2.45) is 11.8 Å². The van der Waals surface area contributed by atoms with E-state index in [1.807, 2.05) is 18.2 Å². The third-order valence-corrected chi connectivity index (χ3v) is 5.42. The second kappa shape index (κ2) is 7.09. The summed E-state index contributed by atoms with van der Waals surface area (Å²) in [4.78, 5) is 39.9. The van der Waals surface area contributed by atoms with Crippen LogP contribution in [0.5, 0.6) is 5.75 Å². The highest BCUT2D eigenvalue weighted by Gasteiger charge is 2.61. The maximum absolute atomic E-state index is 13.2. The van der Waals surface area contributed by atoms with Gasteiger partial charge in [-0.05, 0) is 29.8 Å². The van der Waals surface area contributed by atoms with Gasteiger partial charge in [0.2, 0.25) is 11.8 Å². The van der Waals surface area contributed by atoms with Crippen molar-refractivity contribution in [3.63, 3.8) is 0 Å². The van der Waals surface area contributed by atoms with E-state index >= 15 is 0 Å². The topological polar surface area (TPSA) is 84.9 Å². The fourth-order valence-electron chi connectivity index (χ4n) is 4.10. The van der Waals surface area contributed by atoms with Gasteiger partial charge >= 0.3 is 5.97 Å². The lowest BCUT2D eigenvalue weighted by atomic mass is 9.86. The number of benzene rings is 2. The molecular formula is C21H20N2O5. The highest BCUT2D eigenvalue weighted by molar-refractivity contribution is 6.23. The minimum absolute atomic E-state index is 0.319. The van der Waals surface area contributed by atoms with Crippen LogP contribution in [0.2, 0.25) is 0 Å². The Hall–Kier alpha value is -3.19. The van der Waals surface area contributed by atoms with Crippen molar-refractivity contribution >= 4 is 23.5 Å². The predicted octanol–water partition coefficient (Wildman–Crippen LogP) is 1.69. The first kappa shape index (κ1) is 18.2. The monoisotopic (exact) mass is 380 g/mol. The molecule has 2 amide bonds. The molecule has 144 valence electrons. The van der Waals surface area contributed by atoms with Crippen molar-refractivity contribution in [1.82, 2.24) is 5.32 Å². The van der Waals surface area contributed by atoms with Crippen LogP contribution >= 0.6 is 0 Å². The number of fused-ring (bicyclic) bond motifs is 1. The number of amides is 2. The summed E-state index contributed by atoms with van der Waals surface area (Å²) in [6, 6.07) is 14.6. The Kier molecular flexibility index (Phi) is 4.60. The van der Waals surface area contributed by atoms with E-state index in [1.54, 1.807) is 43.5 Å². The zero-order valence-electron chi connectivity index (χ0n) is 15.5. The molecule has 4 rings (SSSR count). The number of nitrogens with one attached hydrogen (secondary N) is 1. The quantitative estimate of drug-likeness (QED) is 0.642. The van der Waals surface area contributed by atoms with E-state index in [0.29, 0.717) is 11.4 Å². The van der Waals surface area contributed by atoms with Gasteiger partial charge in [-0.3, -0.25) is 19.7 Å². The Morgan fingerprint density at radius 2 is 1.57 bits per heavy atom. The van der Waals surface area contributed by atoms with Gasteiger partial charge < -0.3 is 9.47 Å². The minimum atomic E-state index is -0.882. The van der Waals surface area contributed by atoms with Crippen molar-refractivity contribution in [1.29, 1.82) is 0 Å². The van der Waals surface area contributed by atoms with Gasteiger partial charge in [0.15, 0.2) is 0 Å². The number of para-hydroxylation sites is 1. The first-order valence-electron chi connectivity index (χ1n) is 8.97. The summed E-state index contributed by atoms with van der Waals surface area (Å²) in [5.74, 6) is -2.08. The maximum atomic E-state index is 13.2. The van der Waals surface area contributed by atoms with Crippen molar-refractivity contribution in [2.45, 2.75) is 12.1 Å². The number of rotatable bonds is 4. The van der Waals surface area contributed by atoms with Crippen molar-refractivity contribution in [3.05, 3.63) is 60.2 Å².